The van der Waals surface area contributed by atoms with Crippen LogP contribution in [0.5, 0.6) is 0 Å². The standard InChI is InChI=1S/C6H13NO3/c1-4(2)5(8)3-10-6(7)9/h4-5,8H,3H2,1-2H3,(H2,7,9). The van der Waals surface area contributed by atoms with E-state index >= 15 is 0 Å². The van der Waals surface area contributed by atoms with Crippen molar-refractivity contribution in [1.82, 2.24) is 0 Å². The van der Waals surface area contributed by atoms with E-state index in [1.165, 1.54) is 0 Å². The molecular formula is C6H13NO3. The monoisotopic (exact) mass is 147 g/mol. The Balaban J connectivity index is 3.39. The summed E-state index contributed by atoms with van der Waals surface area (Å²) < 4.78 is 4.35. The largest absolute Gasteiger partial charge is 0.447 e. The second-order valence-corrected chi connectivity index (χ2v) is 2.44. The maximum Gasteiger partial charge on any atom is 0.404 e. The maximum absolute atomic E-state index is 10.0. The lowest BCUT2D eigenvalue weighted by Gasteiger charge is -2.12. The van der Waals surface area contributed by atoms with Crippen molar-refractivity contribution in [2.75, 3.05) is 6.61 Å². The summed E-state index contributed by atoms with van der Waals surface area (Å²) in [6, 6.07) is 0. The van der Waals surface area contributed by atoms with Gasteiger partial charge in [-0.2, -0.15) is 0 Å². The van der Waals surface area contributed by atoms with Gasteiger partial charge in [0.05, 0.1) is 6.10 Å². The average Bonchev–Trinajstić information content (AvgIpc) is 1.82. The van der Waals surface area contributed by atoms with Crippen molar-refractivity contribution in [3.8, 4) is 0 Å². The van der Waals surface area contributed by atoms with Gasteiger partial charge in [-0.25, -0.2) is 4.79 Å². The minimum atomic E-state index is -0.847. The van der Waals surface area contributed by atoms with E-state index < -0.39 is 12.2 Å². The highest BCUT2D eigenvalue weighted by molar-refractivity contribution is 5.64. The third-order valence-electron chi connectivity index (χ3n) is 1.17. The Hall–Kier alpha value is -0.770. The van der Waals surface area contributed by atoms with E-state index in [0.717, 1.165) is 0 Å². The van der Waals surface area contributed by atoms with E-state index in [-0.39, 0.29) is 12.5 Å². The number of hydrogen-bond acceptors (Lipinski definition) is 3. The number of carbonyl (C=O) groups is 1. The fraction of sp³-hybridized carbons (Fsp3) is 0.833. The van der Waals surface area contributed by atoms with Gasteiger partial charge in [-0.05, 0) is 5.92 Å². The van der Waals surface area contributed by atoms with E-state index in [0.29, 0.717) is 0 Å². The lowest BCUT2D eigenvalue weighted by Crippen LogP contribution is -2.25. The number of amides is 1. The molecule has 1 amide bonds. The first-order valence-electron chi connectivity index (χ1n) is 3.14. The second kappa shape index (κ2) is 4.11. The van der Waals surface area contributed by atoms with Crippen molar-refractivity contribution in [3.05, 3.63) is 0 Å². The van der Waals surface area contributed by atoms with Gasteiger partial charge in [0.1, 0.15) is 6.61 Å². The van der Waals surface area contributed by atoms with Gasteiger partial charge in [0.2, 0.25) is 0 Å². The van der Waals surface area contributed by atoms with Crippen molar-refractivity contribution < 1.29 is 14.6 Å². The Bertz CT molecular complexity index is 114. The maximum atomic E-state index is 10.0. The molecule has 0 heterocycles. The predicted octanol–water partition coefficient (Wildman–Crippen LogP) is 0.0986. The number of primary amides is 1. The van der Waals surface area contributed by atoms with E-state index in [2.05, 4.69) is 10.5 Å². The second-order valence-electron chi connectivity index (χ2n) is 2.44. The molecule has 1 unspecified atom stereocenters. The van der Waals surface area contributed by atoms with Crippen molar-refractivity contribution >= 4 is 6.09 Å². The highest BCUT2D eigenvalue weighted by Gasteiger charge is 2.09. The summed E-state index contributed by atoms with van der Waals surface area (Å²) in [6.45, 7) is 3.64. The molecule has 0 fully saturated rings. The quantitative estimate of drug-likeness (QED) is 0.594. The van der Waals surface area contributed by atoms with Crippen LogP contribution in [-0.4, -0.2) is 23.9 Å². The molecule has 3 N–H and O–H groups in total. The summed E-state index contributed by atoms with van der Waals surface area (Å²) in [5.74, 6) is 0.0827. The number of hydrogen-bond donors (Lipinski definition) is 2. The number of nitrogens with two attached hydrogens (primary N) is 1. The lowest BCUT2D eigenvalue weighted by atomic mass is 10.1. The molecule has 0 aliphatic heterocycles. The minimum Gasteiger partial charge on any atom is -0.447 e. The molecule has 0 aromatic carbocycles. The first kappa shape index (κ1) is 9.23. The van der Waals surface area contributed by atoms with Crippen LogP contribution in [0.1, 0.15) is 13.8 Å². The molecule has 4 heteroatoms. The van der Waals surface area contributed by atoms with E-state index in [9.17, 15) is 4.79 Å². The molecule has 0 aromatic heterocycles. The highest BCUT2D eigenvalue weighted by Crippen LogP contribution is 2.00. The first-order valence-corrected chi connectivity index (χ1v) is 3.14. The van der Waals surface area contributed by atoms with Crippen molar-refractivity contribution in [1.29, 1.82) is 0 Å². The van der Waals surface area contributed by atoms with Crippen LogP contribution in [0, 0.1) is 5.92 Å². The molecule has 0 saturated heterocycles. The minimum absolute atomic E-state index is 0.0208. The van der Waals surface area contributed by atoms with Crippen LogP contribution in [0.2, 0.25) is 0 Å². The van der Waals surface area contributed by atoms with E-state index in [1.54, 1.807) is 0 Å². The predicted molar refractivity (Wildman–Crippen MR) is 36.4 cm³/mol. The van der Waals surface area contributed by atoms with Crippen molar-refractivity contribution in [2.45, 2.75) is 20.0 Å². The molecule has 0 aliphatic carbocycles. The first-order chi connectivity index (χ1) is 4.54. The van der Waals surface area contributed by atoms with Crippen LogP contribution < -0.4 is 5.73 Å². The van der Waals surface area contributed by atoms with Gasteiger partial charge in [0.15, 0.2) is 0 Å². The normalized spacial score (nSPS) is 13.2. The van der Waals surface area contributed by atoms with Gasteiger partial charge in [-0.15, -0.1) is 0 Å². The van der Waals surface area contributed by atoms with Crippen LogP contribution in [0.4, 0.5) is 4.79 Å². The van der Waals surface area contributed by atoms with Gasteiger partial charge in [0, 0.05) is 0 Å². The van der Waals surface area contributed by atoms with Gasteiger partial charge in [0.25, 0.3) is 0 Å². The SMILES string of the molecule is CC(C)C(O)COC(N)=O. The van der Waals surface area contributed by atoms with Crippen LogP contribution >= 0.6 is 0 Å². The lowest BCUT2D eigenvalue weighted by molar-refractivity contribution is 0.0458. The molecule has 0 spiro atoms. The van der Waals surface area contributed by atoms with Gasteiger partial charge in [-0.3, -0.25) is 0 Å². The Morgan fingerprint density at radius 1 is 1.70 bits per heavy atom. The third-order valence-corrected chi connectivity index (χ3v) is 1.17. The zero-order valence-electron chi connectivity index (χ0n) is 6.20. The zero-order chi connectivity index (χ0) is 8.15. The van der Waals surface area contributed by atoms with Crippen LogP contribution in [-0.2, 0) is 4.74 Å². The molecule has 60 valence electrons. The molecule has 0 radical (unpaired) electrons. The summed E-state index contributed by atoms with van der Waals surface area (Å²) in [5, 5.41) is 9.04. The topological polar surface area (TPSA) is 72.6 Å². The van der Waals surface area contributed by atoms with E-state index in [4.69, 9.17) is 5.11 Å². The molecule has 0 rings (SSSR count). The number of carbonyl (C=O) groups excluding carboxylic acids is 1. The van der Waals surface area contributed by atoms with Crippen LogP contribution in [0.3, 0.4) is 0 Å². The Labute approximate surface area is 60.0 Å². The van der Waals surface area contributed by atoms with Crippen molar-refractivity contribution in [3.63, 3.8) is 0 Å². The molecule has 0 aromatic rings. The Kier molecular flexibility index (Phi) is 3.79. The Morgan fingerprint density at radius 3 is 2.50 bits per heavy atom. The summed E-state index contributed by atoms with van der Waals surface area (Å²) in [6.07, 6.45) is -1.47. The fourth-order valence-electron chi connectivity index (χ4n) is 0.360. The molecular weight excluding hydrogens is 134 g/mol. The van der Waals surface area contributed by atoms with Crippen LogP contribution in [0.15, 0.2) is 0 Å². The Morgan fingerprint density at radius 2 is 2.20 bits per heavy atom. The number of ether oxygens (including phenoxy) is 1. The summed E-state index contributed by atoms with van der Waals surface area (Å²) >= 11 is 0. The number of rotatable bonds is 3. The average molecular weight is 147 g/mol. The fourth-order valence-corrected chi connectivity index (χ4v) is 0.360. The van der Waals surface area contributed by atoms with Crippen molar-refractivity contribution in [2.24, 2.45) is 11.7 Å². The molecule has 4 nitrogen and oxygen atoms in total. The molecule has 1 atom stereocenters. The molecule has 0 aliphatic rings. The highest BCUT2D eigenvalue weighted by atomic mass is 16.6. The van der Waals surface area contributed by atoms with Gasteiger partial charge < -0.3 is 15.6 Å². The van der Waals surface area contributed by atoms with Crippen LogP contribution in [0.25, 0.3) is 0 Å². The smallest absolute Gasteiger partial charge is 0.404 e. The summed E-state index contributed by atoms with van der Waals surface area (Å²) in [7, 11) is 0. The molecule has 10 heavy (non-hydrogen) atoms. The van der Waals surface area contributed by atoms with E-state index in [1.807, 2.05) is 13.8 Å². The summed E-state index contributed by atoms with van der Waals surface area (Å²) in [4.78, 5) is 10.0. The molecule has 0 bridgehead atoms. The third kappa shape index (κ3) is 4.14. The number of aliphatic hydroxyl groups excluding tert-OH is 1. The number of aliphatic hydroxyl groups is 1. The van der Waals surface area contributed by atoms with Gasteiger partial charge in [-0.1, -0.05) is 13.8 Å². The molecule has 0 saturated carbocycles. The van der Waals surface area contributed by atoms with Gasteiger partial charge >= 0.3 is 6.09 Å². The summed E-state index contributed by atoms with van der Waals surface area (Å²) in [5.41, 5.74) is 4.67. The zero-order valence-corrected chi connectivity index (χ0v) is 6.20.